The molecule has 4 nitrogen and oxygen atoms in total. The van der Waals surface area contributed by atoms with Crippen LogP contribution in [0.2, 0.25) is 0 Å². The van der Waals surface area contributed by atoms with Gasteiger partial charge in [0.15, 0.2) is 5.85 Å². The van der Waals surface area contributed by atoms with Gasteiger partial charge >= 0.3 is 7.60 Å². The lowest BCUT2D eigenvalue weighted by Gasteiger charge is -2.09. The molecule has 0 aromatic rings. The highest BCUT2D eigenvalue weighted by Gasteiger charge is 2.51. The number of rotatable bonds is 3. The van der Waals surface area contributed by atoms with Crippen LogP contribution in [0.15, 0.2) is 0 Å². The molecule has 60 valence electrons. The summed E-state index contributed by atoms with van der Waals surface area (Å²) in [6, 6.07) is 0. The van der Waals surface area contributed by atoms with Gasteiger partial charge in [-0.25, -0.2) is 0 Å². The zero-order chi connectivity index (χ0) is 7.78. The number of epoxide rings is 1. The lowest BCUT2D eigenvalue weighted by Crippen LogP contribution is -1.97. The van der Waals surface area contributed by atoms with Crippen molar-refractivity contribution in [1.82, 2.24) is 0 Å². The van der Waals surface area contributed by atoms with Gasteiger partial charge in [0.1, 0.15) is 0 Å². The summed E-state index contributed by atoms with van der Waals surface area (Å²) < 4.78 is 25.7. The highest BCUT2D eigenvalue weighted by Crippen LogP contribution is 2.60. The lowest BCUT2D eigenvalue weighted by atomic mass is 10.6. The second-order valence-corrected chi connectivity index (χ2v) is 4.46. The van der Waals surface area contributed by atoms with Crippen LogP contribution in [0.5, 0.6) is 0 Å². The fraction of sp³-hybridized carbons (Fsp3) is 1.00. The summed E-state index contributed by atoms with van der Waals surface area (Å²) in [5.74, 6) is -0.345. The predicted octanol–water partition coefficient (Wildman–Crippen LogP) is 1.22. The van der Waals surface area contributed by atoms with E-state index >= 15 is 0 Å². The van der Waals surface area contributed by atoms with Crippen molar-refractivity contribution in [2.24, 2.45) is 0 Å². The monoisotopic (exact) mass is 166 g/mol. The third-order valence-corrected chi connectivity index (χ3v) is 3.68. The summed E-state index contributed by atoms with van der Waals surface area (Å²) in [5, 5.41) is 0. The van der Waals surface area contributed by atoms with Crippen molar-refractivity contribution in [1.29, 1.82) is 0 Å². The molecule has 1 aliphatic rings. The largest absolute Gasteiger partial charge is 0.361 e. The van der Waals surface area contributed by atoms with Gasteiger partial charge < -0.3 is 13.8 Å². The molecule has 1 fully saturated rings. The molecule has 0 spiro atoms. The van der Waals surface area contributed by atoms with E-state index in [1.165, 1.54) is 14.2 Å². The number of hydrogen-bond donors (Lipinski definition) is 0. The summed E-state index contributed by atoms with van der Waals surface area (Å²) in [6.45, 7) is 1.83. The Bertz CT molecular complexity index is 161. The summed E-state index contributed by atoms with van der Waals surface area (Å²) in [7, 11) is -0.201. The van der Waals surface area contributed by atoms with Crippen molar-refractivity contribution in [2.75, 3.05) is 14.2 Å². The third-order valence-electron chi connectivity index (χ3n) is 1.50. The first-order valence-corrected chi connectivity index (χ1v) is 4.62. The molecule has 0 bridgehead atoms. The molecule has 1 aliphatic heterocycles. The van der Waals surface area contributed by atoms with Gasteiger partial charge in [-0.2, -0.15) is 0 Å². The van der Waals surface area contributed by atoms with Crippen molar-refractivity contribution in [3.05, 3.63) is 0 Å². The molecule has 0 radical (unpaired) electrons. The topological polar surface area (TPSA) is 48.1 Å². The van der Waals surface area contributed by atoms with E-state index in [0.29, 0.717) is 0 Å². The van der Waals surface area contributed by atoms with Gasteiger partial charge in [0.2, 0.25) is 0 Å². The van der Waals surface area contributed by atoms with Gasteiger partial charge in [0.05, 0.1) is 6.10 Å². The molecule has 1 heterocycles. The minimum Gasteiger partial charge on any atom is -0.356 e. The van der Waals surface area contributed by atoms with Crippen LogP contribution >= 0.6 is 7.60 Å². The summed E-state index contributed by atoms with van der Waals surface area (Å²) >= 11 is 0. The third kappa shape index (κ3) is 1.25. The van der Waals surface area contributed by atoms with E-state index in [0.717, 1.165) is 0 Å². The number of hydrogen-bond acceptors (Lipinski definition) is 4. The first-order chi connectivity index (χ1) is 4.64. The van der Waals surface area contributed by atoms with Crippen molar-refractivity contribution in [3.8, 4) is 0 Å². The van der Waals surface area contributed by atoms with E-state index in [1.807, 2.05) is 6.92 Å². The number of ether oxygens (including phenoxy) is 1. The summed E-state index contributed by atoms with van der Waals surface area (Å²) in [5.41, 5.74) is 0. The quantitative estimate of drug-likeness (QED) is 0.467. The molecular formula is C5H11O4P. The summed E-state index contributed by atoms with van der Waals surface area (Å²) in [4.78, 5) is 0. The lowest BCUT2D eigenvalue weighted by molar-refractivity contribution is 0.258. The Hall–Kier alpha value is 0.110. The molecule has 0 aliphatic carbocycles. The molecular weight excluding hydrogens is 155 g/mol. The Morgan fingerprint density at radius 1 is 1.40 bits per heavy atom. The Balaban J connectivity index is 2.57. The van der Waals surface area contributed by atoms with Crippen LogP contribution in [0.4, 0.5) is 0 Å². The molecule has 0 N–H and O–H groups in total. The fourth-order valence-electron chi connectivity index (χ4n) is 0.789. The van der Waals surface area contributed by atoms with E-state index in [2.05, 4.69) is 9.05 Å². The molecule has 0 saturated carbocycles. The Morgan fingerprint density at radius 2 is 1.80 bits per heavy atom. The summed E-state index contributed by atoms with van der Waals surface area (Å²) in [6.07, 6.45) is 0.00531. The van der Waals surface area contributed by atoms with Gasteiger partial charge in [0, 0.05) is 14.2 Å². The van der Waals surface area contributed by atoms with Crippen LogP contribution in [0.1, 0.15) is 6.92 Å². The molecule has 2 atom stereocenters. The van der Waals surface area contributed by atoms with Crippen LogP contribution < -0.4 is 0 Å². The fourth-order valence-corrected chi connectivity index (χ4v) is 2.21. The van der Waals surface area contributed by atoms with Gasteiger partial charge in [-0.1, -0.05) is 0 Å². The molecule has 0 aromatic carbocycles. The molecule has 10 heavy (non-hydrogen) atoms. The molecule has 5 heteroatoms. The van der Waals surface area contributed by atoms with E-state index in [1.54, 1.807) is 0 Å². The van der Waals surface area contributed by atoms with Gasteiger partial charge in [-0.3, -0.25) is 4.57 Å². The molecule has 0 amide bonds. The van der Waals surface area contributed by atoms with Crippen molar-refractivity contribution in [3.63, 3.8) is 0 Å². The maximum absolute atomic E-state index is 11.4. The van der Waals surface area contributed by atoms with Gasteiger partial charge in [-0.05, 0) is 6.92 Å². The molecule has 0 aromatic heterocycles. The zero-order valence-corrected chi connectivity index (χ0v) is 7.13. The van der Waals surface area contributed by atoms with E-state index in [-0.39, 0.29) is 11.9 Å². The van der Waals surface area contributed by atoms with Crippen LogP contribution in [-0.4, -0.2) is 26.2 Å². The predicted molar refractivity (Wildman–Crippen MR) is 36.0 cm³/mol. The van der Waals surface area contributed by atoms with Crippen LogP contribution in [0.3, 0.4) is 0 Å². The van der Waals surface area contributed by atoms with E-state index in [4.69, 9.17) is 4.74 Å². The smallest absolute Gasteiger partial charge is 0.356 e. The second-order valence-electron chi connectivity index (χ2n) is 2.14. The standard InChI is InChI=1S/C5H11O4P/c1-4-5(9-4)10(6,7-2)8-3/h4-5H,1-3H3/t4-,5+/m1/s1. The molecule has 1 rings (SSSR count). The Kier molecular flexibility index (Phi) is 2.15. The average molecular weight is 166 g/mol. The van der Waals surface area contributed by atoms with Crippen molar-refractivity contribution < 1.29 is 18.3 Å². The van der Waals surface area contributed by atoms with Crippen LogP contribution in [0.25, 0.3) is 0 Å². The highest BCUT2D eigenvalue weighted by molar-refractivity contribution is 7.54. The molecule has 1 saturated heterocycles. The average Bonchev–Trinajstić information content (AvgIpc) is 2.66. The first kappa shape index (κ1) is 8.21. The minimum absolute atomic E-state index is 0.00531. The first-order valence-electron chi connectivity index (χ1n) is 3.00. The minimum atomic E-state index is -2.92. The van der Waals surface area contributed by atoms with Gasteiger partial charge in [-0.15, -0.1) is 0 Å². The van der Waals surface area contributed by atoms with Crippen molar-refractivity contribution >= 4 is 7.60 Å². The Labute approximate surface area is 60.0 Å². The maximum Gasteiger partial charge on any atom is 0.361 e. The Morgan fingerprint density at radius 3 is 1.90 bits per heavy atom. The highest BCUT2D eigenvalue weighted by atomic mass is 31.2. The van der Waals surface area contributed by atoms with Crippen LogP contribution in [0, 0.1) is 0 Å². The van der Waals surface area contributed by atoms with E-state index in [9.17, 15) is 4.57 Å². The van der Waals surface area contributed by atoms with Gasteiger partial charge in [0.25, 0.3) is 0 Å². The van der Waals surface area contributed by atoms with Crippen molar-refractivity contribution in [2.45, 2.75) is 18.9 Å². The molecule has 0 unspecified atom stereocenters. The maximum atomic E-state index is 11.4. The zero-order valence-electron chi connectivity index (χ0n) is 6.23. The normalized spacial score (nSPS) is 32.3. The second kappa shape index (κ2) is 2.62. The SMILES string of the molecule is COP(=O)(OC)[C@@H]1O[C@@H]1C. The van der Waals surface area contributed by atoms with Crippen LogP contribution in [-0.2, 0) is 18.3 Å². The van der Waals surface area contributed by atoms with E-state index < -0.39 is 7.60 Å².